The topological polar surface area (TPSA) is 63.9 Å². The molecule has 0 bridgehead atoms. The third kappa shape index (κ3) is 3.25. The highest BCUT2D eigenvalue weighted by Crippen LogP contribution is 2.39. The van der Waals surface area contributed by atoms with Crippen LogP contribution in [0.3, 0.4) is 0 Å². The van der Waals surface area contributed by atoms with Gasteiger partial charge in [-0.15, -0.1) is 0 Å². The maximum absolute atomic E-state index is 11.2. The van der Waals surface area contributed by atoms with Crippen molar-refractivity contribution >= 4 is 5.69 Å². The molecule has 1 fully saturated rings. The molecule has 128 valence electrons. The molecule has 1 aliphatic heterocycles. The van der Waals surface area contributed by atoms with Gasteiger partial charge in [-0.2, -0.15) is 0 Å². The zero-order valence-electron chi connectivity index (χ0n) is 14.0. The summed E-state index contributed by atoms with van der Waals surface area (Å²) in [6.45, 7) is 2.60. The van der Waals surface area contributed by atoms with Gasteiger partial charge in [-0.3, -0.25) is 0 Å². The molecule has 0 aliphatic carbocycles. The fourth-order valence-electron chi connectivity index (χ4n) is 3.62. The van der Waals surface area contributed by atoms with Gasteiger partial charge in [0.1, 0.15) is 5.75 Å². The second kappa shape index (κ2) is 6.83. The number of aliphatic hydroxyl groups excluding tert-OH is 1. The number of phenols is 1. The number of benzene rings is 2. The van der Waals surface area contributed by atoms with Crippen molar-refractivity contribution in [3.05, 3.63) is 60.2 Å². The van der Waals surface area contributed by atoms with E-state index in [2.05, 4.69) is 4.90 Å². The number of aromatic hydroxyl groups is 1. The summed E-state index contributed by atoms with van der Waals surface area (Å²) in [5.74, 6) is 0.226. The van der Waals surface area contributed by atoms with E-state index in [1.807, 2.05) is 49.4 Å². The monoisotopic (exact) mass is 327 g/mol. The minimum Gasteiger partial charge on any atom is -0.508 e. The van der Waals surface area contributed by atoms with Crippen molar-refractivity contribution in [2.45, 2.75) is 43.9 Å². The van der Waals surface area contributed by atoms with Crippen molar-refractivity contribution in [3.63, 3.8) is 0 Å². The Hall–Kier alpha value is -2.04. The van der Waals surface area contributed by atoms with Crippen LogP contribution in [0.4, 0.5) is 5.69 Å². The van der Waals surface area contributed by atoms with Gasteiger partial charge < -0.3 is 20.2 Å². The number of anilines is 1. The number of hydrogen-bond donors (Lipinski definition) is 3. The summed E-state index contributed by atoms with van der Waals surface area (Å²) in [6.07, 6.45) is 1.19. The fourth-order valence-corrected chi connectivity index (χ4v) is 3.62. The first kappa shape index (κ1) is 16.8. The Morgan fingerprint density at radius 3 is 2.42 bits per heavy atom. The van der Waals surface area contributed by atoms with Crippen LogP contribution in [-0.4, -0.2) is 34.0 Å². The molecule has 0 spiro atoms. The molecule has 2 unspecified atom stereocenters. The van der Waals surface area contributed by atoms with E-state index in [0.29, 0.717) is 25.8 Å². The SMILES string of the molecule is CCC(O)[C@@H]1CC(O)(c2ccccc2)CCN1c1ccc(O)cc1. The Bertz CT molecular complexity index is 658. The average molecular weight is 327 g/mol. The molecule has 24 heavy (non-hydrogen) atoms. The van der Waals surface area contributed by atoms with Crippen molar-refractivity contribution < 1.29 is 15.3 Å². The Labute approximate surface area is 143 Å². The lowest BCUT2D eigenvalue weighted by Crippen LogP contribution is -2.54. The van der Waals surface area contributed by atoms with Crippen LogP contribution < -0.4 is 4.90 Å². The number of phenolic OH excluding ortho intramolecular Hbond substituents is 1. The molecule has 2 aromatic carbocycles. The summed E-state index contributed by atoms with van der Waals surface area (Å²) in [5.41, 5.74) is 0.944. The molecule has 0 amide bonds. The summed E-state index contributed by atoms with van der Waals surface area (Å²) in [6, 6.07) is 16.6. The number of piperidine rings is 1. The molecule has 1 heterocycles. The predicted molar refractivity (Wildman–Crippen MR) is 95.1 cm³/mol. The molecular formula is C20H25NO3. The second-order valence-corrected chi connectivity index (χ2v) is 6.60. The highest BCUT2D eigenvalue weighted by atomic mass is 16.3. The molecule has 0 aromatic heterocycles. The molecule has 4 heteroatoms. The van der Waals surface area contributed by atoms with E-state index in [9.17, 15) is 15.3 Å². The van der Waals surface area contributed by atoms with E-state index in [1.54, 1.807) is 12.1 Å². The highest BCUT2D eigenvalue weighted by Gasteiger charge is 2.41. The number of hydrogen-bond acceptors (Lipinski definition) is 4. The minimum absolute atomic E-state index is 0.168. The summed E-state index contributed by atoms with van der Waals surface area (Å²) < 4.78 is 0. The number of nitrogens with zero attached hydrogens (tertiary/aromatic N) is 1. The number of aliphatic hydroxyl groups is 2. The van der Waals surface area contributed by atoms with Crippen LogP contribution in [-0.2, 0) is 5.60 Å². The van der Waals surface area contributed by atoms with Gasteiger partial charge >= 0.3 is 0 Å². The molecule has 1 aliphatic rings. The van der Waals surface area contributed by atoms with Gasteiger partial charge in [-0.05, 0) is 42.7 Å². The Kier molecular flexibility index (Phi) is 4.78. The van der Waals surface area contributed by atoms with Crippen LogP contribution in [0.1, 0.15) is 31.7 Å². The van der Waals surface area contributed by atoms with Crippen LogP contribution in [0.2, 0.25) is 0 Å². The van der Waals surface area contributed by atoms with E-state index in [1.165, 1.54) is 0 Å². The third-order valence-electron chi connectivity index (χ3n) is 5.07. The molecule has 0 saturated carbocycles. The maximum atomic E-state index is 11.2. The van der Waals surface area contributed by atoms with Crippen LogP contribution in [0.25, 0.3) is 0 Å². The standard InChI is InChI=1S/C20H25NO3/c1-2-19(23)18-14-20(24,15-6-4-3-5-7-15)12-13-21(18)16-8-10-17(22)11-9-16/h3-11,18-19,22-24H,2,12-14H2,1H3/t18-,19?,20?/m0/s1. The molecule has 3 rings (SSSR count). The summed E-state index contributed by atoms with van der Waals surface area (Å²) >= 11 is 0. The fraction of sp³-hybridized carbons (Fsp3) is 0.400. The van der Waals surface area contributed by atoms with Crippen molar-refractivity contribution in [1.29, 1.82) is 0 Å². The summed E-state index contributed by atoms with van der Waals surface area (Å²) in [5, 5.41) is 31.2. The average Bonchev–Trinajstić information content (AvgIpc) is 2.62. The summed E-state index contributed by atoms with van der Waals surface area (Å²) in [4.78, 5) is 2.14. The lowest BCUT2D eigenvalue weighted by Gasteiger charge is -2.47. The molecule has 2 aromatic rings. The zero-order valence-corrected chi connectivity index (χ0v) is 14.0. The summed E-state index contributed by atoms with van der Waals surface area (Å²) in [7, 11) is 0. The third-order valence-corrected chi connectivity index (χ3v) is 5.07. The van der Waals surface area contributed by atoms with Gasteiger partial charge in [0.15, 0.2) is 0 Å². The first-order valence-corrected chi connectivity index (χ1v) is 8.55. The van der Waals surface area contributed by atoms with Crippen LogP contribution >= 0.6 is 0 Å². The largest absolute Gasteiger partial charge is 0.508 e. The Balaban J connectivity index is 1.90. The van der Waals surface area contributed by atoms with E-state index in [0.717, 1.165) is 11.3 Å². The predicted octanol–water partition coefficient (Wildman–Crippen LogP) is 3.02. The van der Waals surface area contributed by atoms with Crippen molar-refractivity contribution in [2.75, 3.05) is 11.4 Å². The van der Waals surface area contributed by atoms with Gasteiger partial charge in [0, 0.05) is 18.7 Å². The second-order valence-electron chi connectivity index (χ2n) is 6.60. The molecule has 3 atom stereocenters. The zero-order chi connectivity index (χ0) is 17.2. The van der Waals surface area contributed by atoms with E-state index < -0.39 is 11.7 Å². The van der Waals surface area contributed by atoms with Gasteiger partial charge in [0.25, 0.3) is 0 Å². The number of rotatable bonds is 4. The Morgan fingerprint density at radius 1 is 1.12 bits per heavy atom. The lowest BCUT2D eigenvalue weighted by atomic mass is 9.78. The van der Waals surface area contributed by atoms with Crippen LogP contribution in [0.5, 0.6) is 5.75 Å². The first-order chi connectivity index (χ1) is 11.5. The van der Waals surface area contributed by atoms with Gasteiger partial charge in [-0.1, -0.05) is 37.3 Å². The molecule has 4 nitrogen and oxygen atoms in total. The highest BCUT2D eigenvalue weighted by molar-refractivity contribution is 5.51. The van der Waals surface area contributed by atoms with Crippen LogP contribution in [0, 0.1) is 0 Å². The Morgan fingerprint density at radius 2 is 1.79 bits per heavy atom. The van der Waals surface area contributed by atoms with E-state index in [4.69, 9.17) is 0 Å². The van der Waals surface area contributed by atoms with Crippen molar-refractivity contribution in [2.24, 2.45) is 0 Å². The minimum atomic E-state index is -0.921. The van der Waals surface area contributed by atoms with E-state index in [-0.39, 0.29) is 11.8 Å². The first-order valence-electron chi connectivity index (χ1n) is 8.55. The smallest absolute Gasteiger partial charge is 0.115 e. The van der Waals surface area contributed by atoms with Crippen molar-refractivity contribution in [1.82, 2.24) is 0 Å². The molecular weight excluding hydrogens is 302 g/mol. The normalized spacial score (nSPS) is 25.5. The quantitative estimate of drug-likeness (QED) is 0.808. The van der Waals surface area contributed by atoms with Gasteiger partial charge in [-0.25, -0.2) is 0 Å². The van der Waals surface area contributed by atoms with Crippen LogP contribution in [0.15, 0.2) is 54.6 Å². The molecule has 0 radical (unpaired) electrons. The lowest BCUT2D eigenvalue weighted by molar-refractivity contribution is -0.0222. The van der Waals surface area contributed by atoms with Gasteiger partial charge in [0.05, 0.1) is 17.7 Å². The van der Waals surface area contributed by atoms with E-state index >= 15 is 0 Å². The van der Waals surface area contributed by atoms with Gasteiger partial charge in [0.2, 0.25) is 0 Å². The van der Waals surface area contributed by atoms with Crippen molar-refractivity contribution in [3.8, 4) is 5.75 Å². The maximum Gasteiger partial charge on any atom is 0.115 e. The molecule has 1 saturated heterocycles. The molecule has 3 N–H and O–H groups in total.